The average molecular weight is 306 g/mol. The van der Waals surface area contributed by atoms with E-state index in [1.807, 2.05) is 12.1 Å². The molecule has 5 heteroatoms. The van der Waals surface area contributed by atoms with Gasteiger partial charge in [0.05, 0.1) is 15.4 Å². The van der Waals surface area contributed by atoms with Crippen LogP contribution in [0.3, 0.4) is 0 Å². The fraction of sp³-hybridized carbons (Fsp3) is 0.267. The number of thiophene rings is 1. The first kappa shape index (κ1) is 13.6. The van der Waals surface area contributed by atoms with Crippen molar-refractivity contribution in [2.24, 2.45) is 0 Å². The number of hydrogen-bond acceptors (Lipinski definition) is 3. The summed E-state index contributed by atoms with van der Waals surface area (Å²) < 4.78 is 3.10. The average Bonchev–Trinajstić information content (AvgIpc) is 2.98. The molecule has 0 bridgehead atoms. The standard InChI is InChI=1S/C15H16ClN3S/c1-11-18-13-4-2-3-5-14(13)19(11)9-8-17-10-12-6-7-15(16)20-12/h2-7,17H,8-10H2,1H3. The van der Waals surface area contributed by atoms with Crippen LogP contribution in [0.5, 0.6) is 0 Å². The maximum Gasteiger partial charge on any atom is 0.106 e. The number of para-hydroxylation sites is 2. The van der Waals surface area contributed by atoms with Crippen molar-refractivity contribution in [1.82, 2.24) is 14.9 Å². The van der Waals surface area contributed by atoms with E-state index in [4.69, 9.17) is 11.6 Å². The molecule has 2 heterocycles. The van der Waals surface area contributed by atoms with Gasteiger partial charge in [0.2, 0.25) is 0 Å². The monoisotopic (exact) mass is 305 g/mol. The van der Waals surface area contributed by atoms with E-state index >= 15 is 0 Å². The first-order valence-corrected chi connectivity index (χ1v) is 7.80. The largest absolute Gasteiger partial charge is 0.327 e. The van der Waals surface area contributed by atoms with Gasteiger partial charge in [0.15, 0.2) is 0 Å². The molecule has 0 aliphatic heterocycles. The molecule has 0 atom stereocenters. The van der Waals surface area contributed by atoms with Gasteiger partial charge in [-0.3, -0.25) is 0 Å². The minimum atomic E-state index is 0.846. The normalized spacial score (nSPS) is 11.3. The van der Waals surface area contributed by atoms with Crippen molar-refractivity contribution in [2.45, 2.75) is 20.0 Å². The predicted octanol–water partition coefficient (Wildman–Crippen LogP) is 3.85. The van der Waals surface area contributed by atoms with Gasteiger partial charge in [-0.15, -0.1) is 11.3 Å². The number of rotatable bonds is 5. The van der Waals surface area contributed by atoms with Crippen molar-refractivity contribution in [2.75, 3.05) is 6.54 Å². The van der Waals surface area contributed by atoms with Crippen molar-refractivity contribution in [3.05, 3.63) is 51.4 Å². The topological polar surface area (TPSA) is 29.9 Å². The molecule has 0 aliphatic carbocycles. The highest BCUT2D eigenvalue weighted by Gasteiger charge is 2.05. The first-order valence-electron chi connectivity index (χ1n) is 6.61. The number of aryl methyl sites for hydroxylation is 1. The Hall–Kier alpha value is -1.36. The van der Waals surface area contributed by atoms with E-state index in [-0.39, 0.29) is 0 Å². The molecular formula is C15H16ClN3S. The van der Waals surface area contributed by atoms with Gasteiger partial charge in [0, 0.05) is 24.5 Å². The van der Waals surface area contributed by atoms with Crippen molar-refractivity contribution in [1.29, 1.82) is 0 Å². The van der Waals surface area contributed by atoms with Crippen LogP contribution in [0.4, 0.5) is 0 Å². The second kappa shape index (κ2) is 5.95. The van der Waals surface area contributed by atoms with E-state index < -0.39 is 0 Å². The van der Waals surface area contributed by atoms with Crippen LogP contribution in [-0.4, -0.2) is 16.1 Å². The highest BCUT2D eigenvalue weighted by molar-refractivity contribution is 7.16. The lowest BCUT2D eigenvalue weighted by Gasteiger charge is -2.07. The lowest BCUT2D eigenvalue weighted by atomic mass is 10.3. The molecule has 0 aliphatic rings. The van der Waals surface area contributed by atoms with E-state index in [9.17, 15) is 0 Å². The fourth-order valence-electron chi connectivity index (χ4n) is 2.33. The summed E-state index contributed by atoms with van der Waals surface area (Å²) >= 11 is 7.54. The highest BCUT2D eigenvalue weighted by Crippen LogP contribution is 2.21. The summed E-state index contributed by atoms with van der Waals surface area (Å²) in [7, 11) is 0. The zero-order valence-corrected chi connectivity index (χ0v) is 12.8. The third-order valence-corrected chi connectivity index (χ3v) is 4.52. The second-order valence-corrected chi connectivity index (χ2v) is 6.48. The van der Waals surface area contributed by atoms with E-state index in [2.05, 4.69) is 46.1 Å². The number of hydrogen-bond donors (Lipinski definition) is 1. The van der Waals surface area contributed by atoms with Crippen LogP contribution in [0.15, 0.2) is 36.4 Å². The van der Waals surface area contributed by atoms with E-state index in [0.717, 1.165) is 35.3 Å². The lowest BCUT2D eigenvalue weighted by Crippen LogP contribution is -2.19. The van der Waals surface area contributed by atoms with Crippen molar-refractivity contribution >= 4 is 34.0 Å². The summed E-state index contributed by atoms with van der Waals surface area (Å²) in [5.41, 5.74) is 2.26. The second-order valence-electron chi connectivity index (χ2n) is 4.68. The smallest absolute Gasteiger partial charge is 0.106 e. The van der Waals surface area contributed by atoms with Crippen LogP contribution in [0.25, 0.3) is 11.0 Å². The third kappa shape index (κ3) is 2.87. The van der Waals surface area contributed by atoms with Gasteiger partial charge >= 0.3 is 0 Å². The van der Waals surface area contributed by atoms with Gasteiger partial charge in [-0.25, -0.2) is 4.98 Å². The van der Waals surface area contributed by atoms with Gasteiger partial charge in [0.25, 0.3) is 0 Å². The molecule has 0 unspecified atom stereocenters. The maximum absolute atomic E-state index is 5.92. The van der Waals surface area contributed by atoms with Crippen LogP contribution >= 0.6 is 22.9 Å². The van der Waals surface area contributed by atoms with Gasteiger partial charge < -0.3 is 9.88 Å². The Labute approximate surface area is 127 Å². The van der Waals surface area contributed by atoms with Gasteiger partial charge in [0.1, 0.15) is 5.82 Å². The van der Waals surface area contributed by atoms with E-state index in [1.165, 1.54) is 10.4 Å². The zero-order chi connectivity index (χ0) is 13.9. The molecule has 0 spiro atoms. The summed E-state index contributed by atoms with van der Waals surface area (Å²) in [6.45, 7) is 4.75. The SMILES string of the molecule is Cc1nc2ccccc2n1CCNCc1ccc(Cl)s1. The molecule has 1 N–H and O–H groups in total. The van der Waals surface area contributed by atoms with Gasteiger partial charge in [-0.1, -0.05) is 23.7 Å². The molecule has 20 heavy (non-hydrogen) atoms. The number of benzene rings is 1. The van der Waals surface area contributed by atoms with Crippen LogP contribution < -0.4 is 5.32 Å². The number of halogens is 1. The lowest BCUT2D eigenvalue weighted by molar-refractivity contribution is 0.600. The molecule has 1 aromatic carbocycles. The van der Waals surface area contributed by atoms with Crippen LogP contribution in [0.2, 0.25) is 4.34 Å². The third-order valence-electron chi connectivity index (χ3n) is 3.29. The van der Waals surface area contributed by atoms with Gasteiger partial charge in [-0.2, -0.15) is 0 Å². The molecule has 0 fully saturated rings. The fourth-order valence-corrected chi connectivity index (χ4v) is 3.38. The Morgan fingerprint density at radius 1 is 1.25 bits per heavy atom. The summed E-state index contributed by atoms with van der Waals surface area (Å²) in [5.74, 6) is 1.06. The van der Waals surface area contributed by atoms with Crippen LogP contribution in [0.1, 0.15) is 10.7 Å². The van der Waals surface area contributed by atoms with E-state index in [1.54, 1.807) is 11.3 Å². The highest BCUT2D eigenvalue weighted by atomic mass is 35.5. The minimum absolute atomic E-state index is 0.846. The van der Waals surface area contributed by atoms with Crippen molar-refractivity contribution in [3.63, 3.8) is 0 Å². The van der Waals surface area contributed by atoms with Crippen molar-refractivity contribution in [3.8, 4) is 0 Å². The predicted molar refractivity (Wildman–Crippen MR) is 85.5 cm³/mol. The summed E-state index contributed by atoms with van der Waals surface area (Å²) in [6.07, 6.45) is 0. The number of imidazole rings is 1. The summed E-state index contributed by atoms with van der Waals surface area (Å²) in [6, 6.07) is 12.3. The molecule has 104 valence electrons. The van der Waals surface area contributed by atoms with Gasteiger partial charge in [-0.05, 0) is 31.2 Å². The Kier molecular flexibility index (Phi) is 4.05. The zero-order valence-electron chi connectivity index (χ0n) is 11.3. The summed E-state index contributed by atoms with van der Waals surface area (Å²) in [4.78, 5) is 5.84. The number of nitrogens with zero attached hydrogens (tertiary/aromatic N) is 2. The Balaban J connectivity index is 1.61. The number of aromatic nitrogens is 2. The molecular weight excluding hydrogens is 290 g/mol. The van der Waals surface area contributed by atoms with E-state index in [0.29, 0.717) is 0 Å². The van der Waals surface area contributed by atoms with Crippen molar-refractivity contribution < 1.29 is 0 Å². The molecule has 0 saturated carbocycles. The number of nitrogens with one attached hydrogen (secondary N) is 1. The first-order chi connectivity index (χ1) is 9.74. The Morgan fingerprint density at radius 2 is 2.10 bits per heavy atom. The molecule has 2 aromatic heterocycles. The quantitative estimate of drug-likeness (QED) is 0.726. The molecule has 3 nitrogen and oxygen atoms in total. The Morgan fingerprint density at radius 3 is 2.90 bits per heavy atom. The number of fused-ring (bicyclic) bond motifs is 1. The van der Waals surface area contributed by atoms with Crippen LogP contribution in [-0.2, 0) is 13.1 Å². The van der Waals surface area contributed by atoms with Crippen LogP contribution in [0, 0.1) is 6.92 Å². The Bertz CT molecular complexity index is 717. The maximum atomic E-state index is 5.92. The molecule has 3 aromatic rings. The summed E-state index contributed by atoms with van der Waals surface area (Å²) in [5, 5.41) is 3.45. The minimum Gasteiger partial charge on any atom is -0.327 e. The molecule has 0 radical (unpaired) electrons. The molecule has 0 saturated heterocycles. The molecule has 3 rings (SSSR count). The molecule has 0 amide bonds.